The molecular weight excluding hydrogens is 562 g/mol. The van der Waals surface area contributed by atoms with Crippen LogP contribution in [-0.2, 0) is 25.5 Å². The number of carbonyl (C=O) groups is 4. The normalized spacial score (nSPS) is 17.4. The molecule has 2 aromatic carbocycles. The highest BCUT2D eigenvalue weighted by molar-refractivity contribution is 6.01. The van der Waals surface area contributed by atoms with Crippen molar-refractivity contribution >= 4 is 35.1 Å². The minimum Gasteiger partial charge on any atom is -0.481 e. The van der Waals surface area contributed by atoms with Crippen molar-refractivity contribution in [1.82, 2.24) is 15.2 Å². The SMILES string of the molecule is O=C(O)CC(NC(=O)c1ccc(N2CCCN(C(=O)Cc3ccccc3)CC2)c(NC(=O)C2CCCO2)c1)c1cccnc1. The third kappa shape index (κ3) is 7.99. The number of carbonyl (C=O) groups excluding carboxylic acids is 3. The summed E-state index contributed by atoms with van der Waals surface area (Å²) in [6.07, 6.45) is 4.71. The number of rotatable bonds is 10. The van der Waals surface area contributed by atoms with Gasteiger partial charge in [-0.3, -0.25) is 24.2 Å². The predicted molar refractivity (Wildman–Crippen MR) is 164 cm³/mol. The van der Waals surface area contributed by atoms with Crippen LogP contribution in [0.4, 0.5) is 11.4 Å². The summed E-state index contributed by atoms with van der Waals surface area (Å²) in [7, 11) is 0. The number of carboxylic acids is 1. The van der Waals surface area contributed by atoms with Crippen molar-refractivity contribution in [3.63, 3.8) is 0 Å². The van der Waals surface area contributed by atoms with Crippen LogP contribution in [0.25, 0.3) is 0 Å². The van der Waals surface area contributed by atoms with E-state index in [4.69, 9.17) is 4.74 Å². The number of amides is 3. The highest BCUT2D eigenvalue weighted by Gasteiger charge is 2.27. The maximum absolute atomic E-state index is 13.4. The molecule has 1 aromatic heterocycles. The van der Waals surface area contributed by atoms with Gasteiger partial charge in [0.15, 0.2) is 0 Å². The van der Waals surface area contributed by atoms with E-state index in [0.29, 0.717) is 56.9 Å². The lowest BCUT2D eigenvalue weighted by atomic mass is 10.0. The van der Waals surface area contributed by atoms with E-state index < -0.39 is 24.0 Å². The quantitative estimate of drug-likeness (QED) is 0.322. The molecule has 0 radical (unpaired) electrons. The molecule has 3 N–H and O–H groups in total. The topological polar surface area (TPSA) is 141 Å². The van der Waals surface area contributed by atoms with Crippen LogP contribution in [0.1, 0.15) is 53.2 Å². The van der Waals surface area contributed by atoms with Crippen molar-refractivity contribution in [2.45, 2.75) is 44.2 Å². The first kappa shape index (κ1) is 30.7. The predicted octanol–water partition coefficient (Wildman–Crippen LogP) is 3.43. The number of hydrogen-bond acceptors (Lipinski definition) is 7. The molecule has 0 saturated carbocycles. The van der Waals surface area contributed by atoms with Crippen LogP contribution < -0.4 is 15.5 Å². The van der Waals surface area contributed by atoms with Crippen LogP contribution in [0.2, 0.25) is 0 Å². The molecule has 44 heavy (non-hydrogen) atoms. The summed E-state index contributed by atoms with van der Waals surface area (Å²) in [5, 5.41) is 15.2. The third-order valence-electron chi connectivity index (χ3n) is 7.90. The molecule has 2 fully saturated rings. The van der Waals surface area contributed by atoms with Gasteiger partial charge in [-0.05, 0) is 54.7 Å². The second-order valence-corrected chi connectivity index (χ2v) is 11.0. The molecule has 0 bridgehead atoms. The number of ether oxygens (including phenoxy) is 1. The summed E-state index contributed by atoms with van der Waals surface area (Å²) in [4.78, 5) is 59.2. The van der Waals surface area contributed by atoms with Crippen molar-refractivity contribution in [2.75, 3.05) is 43.0 Å². The van der Waals surface area contributed by atoms with E-state index in [1.165, 1.54) is 6.20 Å². The molecule has 0 aliphatic carbocycles. The maximum atomic E-state index is 13.4. The Morgan fingerprint density at radius 3 is 2.55 bits per heavy atom. The molecule has 2 aliphatic heterocycles. The molecule has 11 heteroatoms. The van der Waals surface area contributed by atoms with Crippen LogP contribution >= 0.6 is 0 Å². The maximum Gasteiger partial charge on any atom is 0.305 e. The minimum absolute atomic E-state index is 0.0708. The largest absolute Gasteiger partial charge is 0.481 e. The van der Waals surface area contributed by atoms with Gasteiger partial charge in [0.2, 0.25) is 5.91 Å². The number of pyridine rings is 1. The molecule has 230 valence electrons. The van der Waals surface area contributed by atoms with E-state index >= 15 is 0 Å². The fourth-order valence-corrected chi connectivity index (χ4v) is 5.59. The molecule has 3 aromatic rings. The van der Waals surface area contributed by atoms with Gasteiger partial charge in [-0.25, -0.2) is 0 Å². The molecule has 11 nitrogen and oxygen atoms in total. The molecule has 2 saturated heterocycles. The van der Waals surface area contributed by atoms with Gasteiger partial charge >= 0.3 is 5.97 Å². The molecule has 2 unspecified atom stereocenters. The van der Waals surface area contributed by atoms with Crippen LogP contribution in [-0.4, -0.2) is 77.6 Å². The van der Waals surface area contributed by atoms with Gasteiger partial charge < -0.3 is 30.3 Å². The number of aromatic nitrogens is 1. The second-order valence-electron chi connectivity index (χ2n) is 11.0. The zero-order chi connectivity index (χ0) is 30.9. The number of hydrogen-bond donors (Lipinski definition) is 3. The number of aliphatic carboxylic acids is 1. The molecule has 3 heterocycles. The number of carboxylic acid groups (broad SMARTS) is 1. The van der Waals surface area contributed by atoms with Gasteiger partial charge in [-0.2, -0.15) is 0 Å². The van der Waals surface area contributed by atoms with Crippen LogP contribution in [0.15, 0.2) is 73.1 Å². The van der Waals surface area contributed by atoms with E-state index in [0.717, 1.165) is 24.1 Å². The second kappa shape index (κ2) is 14.6. The van der Waals surface area contributed by atoms with Crippen molar-refractivity contribution in [3.05, 3.63) is 89.7 Å². The van der Waals surface area contributed by atoms with E-state index in [1.807, 2.05) is 35.2 Å². The Hall–Kier alpha value is -4.77. The third-order valence-corrected chi connectivity index (χ3v) is 7.90. The molecule has 5 rings (SSSR count). The van der Waals surface area contributed by atoms with Crippen LogP contribution in [0.5, 0.6) is 0 Å². The highest BCUT2D eigenvalue weighted by atomic mass is 16.5. The van der Waals surface area contributed by atoms with Crippen molar-refractivity contribution in [1.29, 1.82) is 0 Å². The van der Waals surface area contributed by atoms with Crippen molar-refractivity contribution in [2.24, 2.45) is 0 Å². The zero-order valence-electron chi connectivity index (χ0n) is 24.5. The average Bonchev–Trinajstić information content (AvgIpc) is 3.47. The summed E-state index contributed by atoms with van der Waals surface area (Å²) < 4.78 is 5.59. The Bertz CT molecular complexity index is 1460. The first-order valence-corrected chi connectivity index (χ1v) is 14.9. The van der Waals surface area contributed by atoms with E-state index in [9.17, 15) is 24.3 Å². The summed E-state index contributed by atoms with van der Waals surface area (Å²) in [5.74, 6) is -1.75. The number of anilines is 2. The summed E-state index contributed by atoms with van der Waals surface area (Å²) in [6.45, 7) is 2.88. The van der Waals surface area contributed by atoms with Gasteiger partial charge in [0.05, 0.1) is 30.3 Å². The van der Waals surface area contributed by atoms with Gasteiger partial charge in [0, 0.05) is 50.7 Å². The fraction of sp³-hybridized carbons (Fsp3) is 0.364. The first-order valence-electron chi connectivity index (χ1n) is 14.9. The van der Waals surface area contributed by atoms with E-state index in [2.05, 4.69) is 20.5 Å². The summed E-state index contributed by atoms with van der Waals surface area (Å²) in [5.41, 5.74) is 3.01. The Labute approximate surface area is 256 Å². The monoisotopic (exact) mass is 599 g/mol. The minimum atomic E-state index is -1.06. The van der Waals surface area contributed by atoms with Crippen LogP contribution in [0, 0.1) is 0 Å². The van der Waals surface area contributed by atoms with Gasteiger partial charge in [0.25, 0.3) is 11.8 Å². The molecule has 2 aliphatic rings. The van der Waals surface area contributed by atoms with Gasteiger partial charge in [-0.15, -0.1) is 0 Å². The number of nitrogens with zero attached hydrogens (tertiary/aromatic N) is 3. The Balaban J connectivity index is 1.35. The van der Waals surface area contributed by atoms with E-state index in [1.54, 1.807) is 36.5 Å². The highest BCUT2D eigenvalue weighted by Crippen LogP contribution is 2.30. The standard InChI is InChI=1S/C33H37N5O6/c39-30(19-23-7-2-1-3-8-23)38-15-6-14-37(16-17-38)28-12-11-24(20-27(28)36-33(43)29-10-5-18-44-29)32(42)35-26(21-31(40)41)25-9-4-13-34-22-25/h1-4,7-9,11-13,20,22,26,29H,5-6,10,14-19,21H2,(H,35,42)(H,36,43)(H,40,41). The van der Waals surface area contributed by atoms with E-state index in [-0.39, 0.29) is 23.8 Å². The number of benzene rings is 2. The smallest absolute Gasteiger partial charge is 0.305 e. The molecule has 0 spiro atoms. The lowest BCUT2D eigenvalue weighted by molar-refractivity contribution is -0.137. The summed E-state index contributed by atoms with van der Waals surface area (Å²) in [6, 6.07) is 17.3. The fourth-order valence-electron chi connectivity index (χ4n) is 5.59. The average molecular weight is 600 g/mol. The molecule has 3 amide bonds. The Kier molecular flexibility index (Phi) is 10.2. The lowest BCUT2D eigenvalue weighted by Gasteiger charge is -2.27. The first-order chi connectivity index (χ1) is 21.4. The molecular formula is C33H37N5O6. The van der Waals surface area contributed by atoms with Crippen molar-refractivity contribution < 1.29 is 29.0 Å². The zero-order valence-corrected chi connectivity index (χ0v) is 24.5. The Morgan fingerprint density at radius 2 is 1.82 bits per heavy atom. The lowest BCUT2D eigenvalue weighted by Crippen LogP contribution is -2.36. The van der Waals surface area contributed by atoms with Crippen molar-refractivity contribution in [3.8, 4) is 0 Å². The number of nitrogens with one attached hydrogen (secondary N) is 2. The Morgan fingerprint density at radius 1 is 0.977 bits per heavy atom. The van der Waals surface area contributed by atoms with Crippen LogP contribution in [0.3, 0.4) is 0 Å². The summed E-state index contributed by atoms with van der Waals surface area (Å²) >= 11 is 0. The van der Waals surface area contributed by atoms with Gasteiger partial charge in [0.1, 0.15) is 6.10 Å². The molecule has 2 atom stereocenters. The van der Waals surface area contributed by atoms with Gasteiger partial charge in [-0.1, -0.05) is 36.4 Å².